The molecule has 0 aliphatic carbocycles. The molecule has 5 heteroatoms. The highest BCUT2D eigenvalue weighted by Crippen LogP contribution is 2.24. The molecule has 0 spiro atoms. The van der Waals surface area contributed by atoms with E-state index in [2.05, 4.69) is 15.9 Å². The van der Waals surface area contributed by atoms with Crippen LogP contribution >= 0.6 is 15.9 Å². The Morgan fingerprint density at radius 2 is 2.12 bits per heavy atom. The largest absolute Gasteiger partial charge is 0.492 e. The Morgan fingerprint density at radius 1 is 1.47 bits per heavy atom. The standard InChI is InChI=1S/C12H15BrO4/c1-12(2,11(15)16)7-17-9-3-4-10(13)8(5-9)6-14/h3-5,14H,6-7H2,1-2H3,(H,15,16). The summed E-state index contributed by atoms with van der Waals surface area (Å²) >= 11 is 3.29. The second-order valence-corrected chi connectivity index (χ2v) is 5.24. The molecule has 0 saturated carbocycles. The van der Waals surface area contributed by atoms with Crippen molar-refractivity contribution in [2.45, 2.75) is 20.5 Å². The van der Waals surface area contributed by atoms with Gasteiger partial charge in [-0.1, -0.05) is 15.9 Å². The number of aliphatic carboxylic acids is 1. The summed E-state index contributed by atoms with van der Waals surface area (Å²) in [5.74, 6) is -0.358. The molecule has 0 bridgehead atoms. The number of hydrogen-bond acceptors (Lipinski definition) is 3. The lowest BCUT2D eigenvalue weighted by molar-refractivity contribution is -0.148. The summed E-state index contributed by atoms with van der Waals surface area (Å²) in [5.41, 5.74) is -0.234. The Morgan fingerprint density at radius 3 is 2.65 bits per heavy atom. The monoisotopic (exact) mass is 302 g/mol. The van der Waals surface area contributed by atoms with Crippen molar-refractivity contribution >= 4 is 21.9 Å². The predicted octanol–water partition coefficient (Wildman–Crippen LogP) is 2.43. The molecule has 0 aliphatic rings. The van der Waals surface area contributed by atoms with E-state index in [9.17, 15) is 4.79 Å². The Balaban J connectivity index is 2.73. The van der Waals surface area contributed by atoms with E-state index < -0.39 is 11.4 Å². The molecule has 0 amide bonds. The minimum atomic E-state index is -0.938. The first kappa shape index (κ1) is 14.0. The molecule has 0 saturated heterocycles. The maximum atomic E-state index is 10.9. The first-order valence-corrected chi connectivity index (χ1v) is 5.91. The van der Waals surface area contributed by atoms with Gasteiger partial charge in [0, 0.05) is 4.47 Å². The number of hydrogen-bond donors (Lipinski definition) is 2. The summed E-state index contributed by atoms with van der Waals surface area (Å²) < 4.78 is 6.21. The Labute approximate surface area is 108 Å². The lowest BCUT2D eigenvalue weighted by Crippen LogP contribution is -2.30. The van der Waals surface area contributed by atoms with Gasteiger partial charge in [-0.25, -0.2) is 0 Å². The van der Waals surface area contributed by atoms with E-state index in [1.165, 1.54) is 0 Å². The Hall–Kier alpha value is -1.07. The third kappa shape index (κ3) is 3.71. The van der Waals surface area contributed by atoms with Gasteiger partial charge in [-0.15, -0.1) is 0 Å². The van der Waals surface area contributed by atoms with Crippen LogP contribution < -0.4 is 4.74 Å². The van der Waals surface area contributed by atoms with E-state index in [1.807, 2.05) is 0 Å². The summed E-state index contributed by atoms with van der Waals surface area (Å²) in [7, 11) is 0. The number of benzene rings is 1. The minimum absolute atomic E-state index is 0.0782. The molecule has 4 nitrogen and oxygen atoms in total. The maximum absolute atomic E-state index is 10.9. The van der Waals surface area contributed by atoms with E-state index >= 15 is 0 Å². The van der Waals surface area contributed by atoms with E-state index in [0.717, 1.165) is 4.47 Å². The zero-order valence-corrected chi connectivity index (χ0v) is 11.3. The van der Waals surface area contributed by atoms with Crippen LogP contribution in [-0.2, 0) is 11.4 Å². The molecule has 0 unspecified atom stereocenters. The average molecular weight is 303 g/mol. The highest BCUT2D eigenvalue weighted by molar-refractivity contribution is 9.10. The van der Waals surface area contributed by atoms with Gasteiger partial charge in [0.05, 0.1) is 12.0 Å². The van der Waals surface area contributed by atoms with Crippen molar-refractivity contribution in [1.82, 2.24) is 0 Å². The number of aliphatic hydroxyl groups excluding tert-OH is 1. The van der Waals surface area contributed by atoms with Gasteiger partial charge < -0.3 is 14.9 Å². The highest BCUT2D eigenvalue weighted by Gasteiger charge is 2.28. The van der Waals surface area contributed by atoms with Crippen molar-refractivity contribution < 1.29 is 19.7 Å². The van der Waals surface area contributed by atoms with Crippen molar-refractivity contribution in [3.8, 4) is 5.75 Å². The van der Waals surface area contributed by atoms with Crippen LogP contribution in [0.15, 0.2) is 22.7 Å². The second kappa shape index (κ2) is 5.51. The number of halogens is 1. The van der Waals surface area contributed by atoms with Crippen LogP contribution in [0.4, 0.5) is 0 Å². The van der Waals surface area contributed by atoms with Crippen LogP contribution in [0.5, 0.6) is 5.75 Å². The Bertz CT molecular complexity index is 415. The summed E-state index contributed by atoms with van der Waals surface area (Å²) in [5, 5.41) is 18.0. The number of aliphatic hydroxyl groups is 1. The van der Waals surface area contributed by atoms with Gasteiger partial charge in [-0.2, -0.15) is 0 Å². The molecule has 1 aromatic rings. The fourth-order valence-corrected chi connectivity index (χ4v) is 1.46. The fraction of sp³-hybridized carbons (Fsp3) is 0.417. The highest BCUT2D eigenvalue weighted by atomic mass is 79.9. The zero-order valence-electron chi connectivity index (χ0n) is 9.74. The van der Waals surface area contributed by atoms with Crippen molar-refractivity contribution in [2.24, 2.45) is 5.41 Å². The topological polar surface area (TPSA) is 66.8 Å². The molecule has 0 radical (unpaired) electrons. The molecule has 0 heterocycles. The second-order valence-electron chi connectivity index (χ2n) is 4.39. The SMILES string of the molecule is CC(C)(COc1ccc(Br)c(CO)c1)C(=O)O. The zero-order chi connectivity index (χ0) is 13.1. The van der Waals surface area contributed by atoms with Crippen LogP contribution in [0, 0.1) is 5.41 Å². The smallest absolute Gasteiger partial charge is 0.312 e. The average Bonchev–Trinajstić information content (AvgIpc) is 2.28. The third-order valence-corrected chi connectivity index (χ3v) is 3.14. The Kier molecular flexibility index (Phi) is 4.54. The van der Waals surface area contributed by atoms with Crippen LogP contribution in [0.3, 0.4) is 0 Å². The molecule has 1 rings (SSSR count). The lowest BCUT2D eigenvalue weighted by Gasteiger charge is -2.19. The molecule has 2 N–H and O–H groups in total. The van der Waals surface area contributed by atoms with Crippen LogP contribution in [0.1, 0.15) is 19.4 Å². The number of carboxylic acid groups (broad SMARTS) is 1. The first-order valence-electron chi connectivity index (χ1n) is 5.12. The molecular weight excluding hydrogens is 288 g/mol. The predicted molar refractivity (Wildman–Crippen MR) is 67.0 cm³/mol. The minimum Gasteiger partial charge on any atom is -0.492 e. The molecule has 17 heavy (non-hydrogen) atoms. The van der Waals surface area contributed by atoms with Gasteiger partial charge in [0.15, 0.2) is 0 Å². The molecule has 0 aromatic heterocycles. The van der Waals surface area contributed by atoms with Crippen LogP contribution in [0.2, 0.25) is 0 Å². The van der Waals surface area contributed by atoms with E-state index in [1.54, 1.807) is 32.0 Å². The summed E-state index contributed by atoms with van der Waals surface area (Å²) in [4.78, 5) is 10.9. The summed E-state index contributed by atoms with van der Waals surface area (Å²) in [6.07, 6.45) is 0. The number of ether oxygens (including phenoxy) is 1. The van der Waals surface area contributed by atoms with E-state index in [-0.39, 0.29) is 13.2 Å². The maximum Gasteiger partial charge on any atom is 0.312 e. The van der Waals surface area contributed by atoms with Gasteiger partial charge in [0.2, 0.25) is 0 Å². The van der Waals surface area contributed by atoms with E-state index in [4.69, 9.17) is 14.9 Å². The van der Waals surface area contributed by atoms with Crippen molar-refractivity contribution in [2.75, 3.05) is 6.61 Å². The van der Waals surface area contributed by atoms with Gasteiger partial charge in [-0.3, -0.25) is 4.79 Å². The molecule has 1 aromatic carbocycles. The normalized spacial score (nSPS) is 11.3. The van der Waals surface area contributed by atoms with Gasteiger partial charge in [-0.05, 0) is 37.6 Å². The van der Waals surface area contributed by atoms with Gasteiger partial charge >= 0.3 is 5.97 Å². The fourth-order valence-electron chi connectivity index (χ4n) is 1.09. The molecular formula is C12H15BrO4. The first-order chi connectivity index (χ1) is 7.86. The molecule has 0 fully saturated rings. The van der Waals surface area contributed by atoms with Crippen molar-refractivity contribution in [3.63, 3.8) is 0 Å². The van der Waals surface area contributed by atoms with Gasteiger partial charge in [0.1, 0.15) is 12.4 Å². The number of carbonyl (C=O) groups is 1. The lowest BCUT2D eigenvalue weighted by atomic mass is 9.95. The van der Waals surface area contributed by atoms with E-state index in [0.29, 0.717) is 11.3 Å². The number of rotatable bonds is 5. The summed E-state index contributed by atoms with van der Waals surface area (Å²) in [6.45, 7) is 3.18. The molecule has 0 aliphatic heterocycles. The van der Waals surface area contributed by atoms with Crippen molar-refractivity contribution in [3.05, 3.63) is 28.2 Å². The third-order valence-electron chi connectivity index (χ3n) is 2.37. The van der Waals surface area contributed by atoms with Gasteiger partial charge in [0.25, 0.3) is 0 Å². The quantitative estimate of drug-likeness (QED) is 0.876. The molecule has 0 atom stereocenters. The van der Waals surface area contributed by atoms with Crippen molar-refractivity contribution in [1.29, 1.82) is 0 Å². The number of carboxylic acids is 1. The summed E-state index contributed by atoms with van der Waals surface area (Å²) in [6, 6.07) is 5.16. The van der Waals surface area contributed by atoms with Crippen LogP contribution in [0.25, 0.3) is 0 Å². The molecule has 94 valence electrons. The van der Waals surface area contributed by atoms with Crippen LogP contribution in [-0.4, -0.2) is 22.8 Å².